The van der Waals surface area contributed by atoms with E-state index < -0.39 is 11.3 Å². The van der Waals surface area contributed by atoms with Gasteiger partial charge in [-0.1, -0.05) is 18.2 Å². The molecule has 254 valence electrons. The number of hydrogen-bond donors (Lipinski definition) is 1. The second-order valence-electron chi connectivity index (χ2n) is 14.4. The SMILES string of the molecule is CC(C)(C)OC(=O)N1CCC(F)(CN2CC(N3CCC(n4nc(-c5ccc(Oc6ccccc6)cc5)c5c(N)ncnc54)CC3)C2)CC1. The number of nitrogen functional groups attached to an aromatic ring is 1. The van der Waals surface area contributed by atoms with E-state index in [9.17, 15) is 4.79 Å². The molecule has 0 bridgehead atoms. The number of carbonyl (C=O) groups is 1. The number of amides is 1. The third-order valence-corrected chi connectivity index (χ3v) is 9.74. The van der Waals surface area contributed by atoms with Crippen molar-refractivity contribution in [2.24, 2.45) is 0 Å². The molecule has 2 aromatic carbocycles. The number of alkyl halides is 1. The predicted molar refractivity (Wildman–Crippen MR) is 183 cm³/mol. The van der Waals surface area contributed by atoms with E-state index in [1.54, 1.807) is 4.90 Å². The lowest BCUT2D eigenvalue weighted by atomic mass is 9.90. The first-order valence-electron chi connectivity index (χ1n) is 17.0. The highest BCUT2D eigenvalue weighted by Crippen LogP contribution is 2.36. The molecule has 3 saturated heterocycles. The maximum absolute atomic E-state index is 15.7. The second kappa shape index (κ2) is 13.0. The summed E-state index contributed by atoms with van der Waals surface area (Å²) in [7, 11) is 0. The van der Waals surface area contributed by atoms with Gasteiger partial charge in [0.2, 0.25) is 0 Å². The number of aromatic nitrogens is 4. The Balaban J connectivity index is 0.939. The van der Waals surface area contributed by atoms with Crippen molar-refractivity contribution in [1.82, 2.24) is 34.4 Å². The van der Waals surface area contributed by atoms with Crippen LogP contribution in [0.2, 0.25) is 0 Å². The average molecular weight is 657 g/mol. The summed E-state index contributed by atoms with van der Waals surface area (Å²) in [5, 5.41) is 5.84. The zero-order valence-corrected chi connectivity index (χ0v) is 28.0. The van der Waals surface area contributed by atoms with E-state index in [-0.39, 0.29) is 12.1 Å². The van der Waals surface area contributed by atoms with E-state index in [2.05, 4.69) is 19.8 Å². The summed E-state index contributed by atoms with van der Waals surface area (Å²) in [6.45, 7) is 10.4. The Kier molecular flexibility index (Phi) is 8.71. The smallest absolute Gasteiger partial charge is 0.410 e. The molecule has 0 radical (unpaired) electrons. The monoisotopic (exact) mass is 656 g/mol. The van der Waals surface area contributed by atoms with E-state index in [4.69, 9.17) is 20.3 Å². The number of nitrogens with zero attached hydrogens (tertiary/aromatic N) is 7. The fourth-order valence-electron chi connectivity index (χ4n) is 7.13. The second-order valence-corrected chi connectivity index (χ2v) is 14.4. The van der Waals surface area contributed by atoms with Crippen LogP contribution in [0.1, 0.15) is 52.5 Å². The van der Waals surface area contributed by atoms with Gasteiger partial charge in [-0.2, -0.15) is 5.10 Å². The lowest BCUT2D eigenvalue weighted by molar-refractivity contribution is -0.0403. The van der Waals surface area contributed by atoms with Crippen LogP contribution in [0.4, 0.5) is 15.0 Å². The normalized spacial score (nSPS) is 19.7. The summed E-state index contributed by atoms with van der Waals surface area (Å²) in [5.74, 6) is 1.94. The largest absolute Gasteiger partial charge is 0.457 e. The lowest BCUT2D eigenvalue weighted by Gasteiger charge is -2.50. The molecule has 0 saturated carbocycles. The summed E-state index contributed by atoms with van der Waals surface area (Å²) in [5.41, 5.74) is 7.02. The van der Waals surface area contributed by atoms with Crippen molar-refractivity contribution in [2.45, 2.75) is 69.8 Å². The number of anilines is 1. The molecule has 0 atom stereocenters. The Morgan fingerprint density at radius 2 is 1.60 bits per heavy atom. The van der Waals surface area contributed by atoms with Gasteiger partial charge in [-0.25, -0.2) is 23.8 Å². The van der Waals surface area contributed by atoms with Gasteiger partial charge in [-0.3, -0.25) is 9.80 Å². The number of fused-ring (bicyclic) bond motifs is 1. The molecule has 0 spiro atoms. The molecular formula is C36H45FN8O3. The number of halogens is 1. The molecule has 3 aliphatic heterocycles. The molecule has 2 N–H and O–H groups in total. The molecule has 3 aliphatic rings. The Hall–Kier alpha value is -4.29. The highest BCUT2D eigenvalue weighted by molar-refractivity contribution is 5.98. The third kappa shape index (κ3) is 6.95. The van der Waals surface area contributed by atoms with Crippen molar-refractivity contribution in [3.05, 3.63) is 60.9 Å². The molecule has 2 aromatic heterocycles. The van der Waals surface area contributed by atoms with Gasteiger partial charge in [-0.05, 0) is 70.0 Å². The Bertz CT molecular complexity index is 1720. The van der Waals surface area contributed by atoms with E-state index in [0.717, 1.165) is 72.8 Å². The summed E-state index contributed by atoms with van der Waals surface area (Å²) in [6, 6.07) is 18.2. The fourth-order valence-corrected chi connectivity index (χ4v) is 7.13. The molecule has 4 aromatic rings. The predicted octanol–water partition coefficient (Wildman–Crippen LogP) is 5.93. The number of carbonyl (C=O) groups excluding carboxylic acids is 1. The molecule has 5 heterocycles. The molecule has 0 unspecified atom stereocenters. The first-order valence-corrected chi connectivity index (χ1v) is 17.0. The third-order valence-electron chi connectivity index (χ3n) is 9.74. The number of piperidine rings is 2. The highest BCUT2D eigenvalue weighted by atomic mass is 19.1. The van der Waals surface area contributed by atoms with Crippen LogP contribution in [0, 0.1) is 0 Å². The number of rotatable bonds is 7. The van der Waals surface area contributed by atoms with Gasteiger partial charge in [0.1, 0.15) is 40.6 Å². The van der Waals surface area contributed by atoms with Crippen LogP contribution in [0.5, 0.6) is 11.5 Å². The molecule has 0 aliphatic carbocycles. The van der Waals surface area contributed by atoms with Crippen LogP contribution in [-0.4, -0.2) is 104 Å². The average Bonchev–Trinajstić information content (AvgIpc) is 3.44. The lowest BCUT2D eigenvalue weighted by Crippen LogP contribution is -2.63. The number of ether oxygens (including phenoxy) is 2. The minimum absolute atomic E-state index is 0.188. The molecule has 1 amide bonds. The maximum atomic E-state index is 15.7. The number of benzene rings is 2. The van der Waals surface area contributed by atoms with Crippen LogP contribution < -0.4 is 10.5 Å². The van der Waals surface area contributed by atoms with Gasteiger partial charge in [0.25, 0.3) is 0 Å². The molecule has 48 heavy (non-hydrogen) atoms. The van der Waals surface area contributed by atoms with Crippen molar-refractivity contribution in [1.29, 1.82) is 0 Å². The summed E-state index contributed by atoms with van der Waals surface area (Å²) < 4.78 is 29.2. The Morgan fingerprint density at radius 1 is 0.938 bits per heavy atom. The van der Waals surface area contributed by atoms with Gasteiger partial charge in [0.15, 0.2) is 5.65 Å². The molecule has 11 nitrogen and oxygen atoms in total. The minimum Gasteiger partial charge on any atom is -0.457 e. The Labute approximate surface area is 280 Å². The van der Waals surface area contributed by atoms with Gasteiger partial charge >= 0.3 is 6.09 Å². The topological polar surface area (TPSA) is 115 Å². The molecule has 7 rings (SSSR count). The van der Waals surface area contributed by atoms with E-state index >= 15 is 4.39 Å². The van der Waals surface area contributed by atoms with Crippen molar-refractivity contribution < 1.29 is 18.7 Å². The zero-order valence-electron chi connectivity index (χ0n) is 28.0. The van der Waals surface area contributed by atoms with Crippen LogP contribution in [-0.2, 0) is 4.74 Å². The van der Waals surface area contributed by atoms with Crippen LogP contribution in [0.25, 0.3) is 22.3 Å². The first kappa shape index (κ1) is 32.3. The van der Waals surface area contributed by atoms with Crippen LogP contribution in [0.15, 0.2) is 60.9 Å². The van der Waals surface area contributed by atoms with E-state index in [1.807, 2.05) is 80.1 Å². The van der Waals surface area contributed by atoms with Gasteiger partial charge < -0.3 is 20.1 Å². The highest BCUT2D eigenvalue weighted by Gasteiger charge is 2.43. The standard InChI is InChI=1S/C36H45FN8O3/c1-35(2,3)48-34(46)44-19-15-36(37,16-20-44)23-42-21-27(22-42)43-17-13-26(14-18-43)45-33-30(32(38)39-24-40-33)31(41-45)25-9-11-29(12-10-25)47-28-7-5-4-6-8-28/h4-12,24,26-27H,13-23H2,1-3H3,(H2,38,39,40). The summed E-state index contributed by atoms with van der Waals surface area (Å²) in [4.78, 5) is 27.7. The van der Waals surface area contributed by atoms with Crippen molar-refractivity contribution in [2.75, 3.05) is 51.5 Å². The minimum atomic E-state index is -1.27. The van der Waals surface area contributed by atoms with Crippen molar-refractivity contribution in [3.8, 4) is 22.8 Å². The number of hydrogen-bond acceptors (Lipinski definition) is 9. The quantitative estimate of drug-likeness (QED) is 0.259. The van der Waals surface area contributed by atoms with Gasteiger partial charge in [0, 0.05) is 70.3 Å². The zero-order chi connectivity index (χ0) is 33.5. The first-order chi connectivity index (χ1) is 23.0. The van der Waals surface area contributed by atoms with Gasteiger partial charge in [-0.15, -0.1) is 0 Å². The van der Waals surface area contributed by atoms with Crippen molar-refractivity contribution >= 4 is 22.9 Å². The number of nitrogens with two attached hydrogens (primary N) is 1. The van der Waals surface area contributed by atoms with E-state index in [0.29, 0.717) is 44.3 Å². The summed E-state index contributed by atoms with van der Waals surface area (Å²) >= 11 is 0. The van der Waals surface area contributed by atoms with Gasteiger partial charge in [0.05, 0.1) is 11.4 Å². The fraction of sp³-hybridized carbons (Fsp3) is 0.500. The number of likely N-dealkylation sites (tertiary alicyclic amines) is 3. The van der Waals surface area contributed by atoms with E-state index in [1.165, 1.54) is 6.33 Å². The number of para-hydroxylation sites is 1. The molecule has 3 fully saturated rings. The van der Waals surface area contributed by atoms with Crippen LogP contribution in [0.3, 0.4) is 0 Å². The molecular weight excluding hydrogens is 611 g/mol. The van der Waals surface area contributed by atoms with Crippen molar-refractivity contribution in [3.63, 3.8) is 0 Å². The Morgan fingerprint density at radius 3 is 2.27 bits per heavy atom. The van der Waals surface area contributed by atoms with Crippen LogP contribution >= 0.6 is 0 Å². The molecule has 12 heteroatoms. The summed E-state index contributed by atoms with van der Waals surface area (Å²) in [6.07, 6.45) is 3.72. The maximum Gasteiger partial charge on any atom is 0.410 e.